The first kappa shape index (κ1) is 12.7. The van der Waals surface area contributed by atoms with E-state index in [2.05, 4.69) is 10.6 Å². The van der Waals surface area contributed by atoms with Crippen LogP contribution < -0.4 is 20.1 Å². The van der Waals surface area contributed by atoms with Gasteiger partial charge in [-0.3, -0.25) is 4.79 Å². The molecule has 0 bridgehead atoms. The average Bonchev–Trinajstić information content (AvgIpc) is 2.93. The van der Waals surface area contributed by atoms with Gasteiger partial charge in [0, 0.05) is 12.6 Å². The molecular weight excluding hydrogens is 232 g/mol. The summed E-state index contributed by atoms with van der Waals surface area (Å²) in [5.41, 5.74) is 0.676. The highest BCUT2D eigenvalue weighted by molar-refractivity contribution is 5.94. The van der Waals surface area contributed by atoms with Crippen LogP contribution in [0, 0.1) is 5.92 Å². The van der Waals surface area contributed by atoms with E-state index in [0.717, 1.165) is 19.5 Å². The van der Waals surface area contributed by atoms with Crippen LogP contribution in [-0.4, -0.2) is 33.2 Å². The van der Waals surface area contributed by atoms with Gasteiger partial charge in [-0.25, -0.2) is 0 Å². The standard InChI is InChI=1S/C13H18N2O3/c1-17-10-3-4-11(12(7-10)18-2)15-13(16)9-5-6-14-8-9/h3-4,7,9,14H,5-6,8H2,1-2H3,(H,15,16). The van der Waals surface area contributed by atoms with Crippen molar-refractivity contribution < 1.29 is 14.3 Å². The largest absolute Gasteiger partial charge is 0.497 e. The Morgan fingerprint density at radius 3 is 2.83 bits per heavy atom. The van der Waals surface area contributed by atoms with Gasteiger partial charge in [0.2, 0.25) is 5.91 Å². The third kappa shape index (κ3) is 2.73. The molecule has 1 unspecified atom stereocenters. The quantitative estimate of drug-likeness (QED) is 0.844. The zero-order valence-electron chi connectivity index (χ0n) is 10.7. The van der Waals surface area contributed by atoms with Crippen molar-refractivity contribution in [2.45, 2.75) is 6.42 Å². The molecule has 0 radical (unpaired) electrons. The number of carbonyl (C=O) groups is 1. The molecule has 1 aromatic rings. The van der Waals surface area contributed by atoms with E-state index in [1.807, 2.05) is 0 Å². The minimum atomic E-state index is 0.0310. The van der Waals surface area contributed by atoms with E-state index in [4.69, 9.17) is 9.47 Å². The van der Waals surface area contributed by atoms with Gasteiger partial charge < -0.3 is 20.1 Å². The van der Waals surface area contributed by atoms with Gasteiger partial charge in [-0.2, -0.15) is 0 Å². The molecule has 2 N–H and O–H groups in total. The Morgan fingerprint density at radius 2 is 2.22 bits per heavy atom. The number of hydrogen-bond acceptors (Lipinski definition) is 4. The number of nitrogens with one attached hydrogen (secondary N) is 2. The number of hydrogen-bond donors (Lipinski definition) is 2. The molecule has 1 aliphatic rings. The van der Waals surface area contributed by atoms with Crippen molar-refractivity contribution in [3.63, 3.8) is 0 Å². The Bertz CT molecular complexity index is 428. The molecule has 5 heteroatoms. The average molecular weight is 250 g/mol. The highest BCUT2D eigenvalue weighted by Gasteiger charge is 2.23. The Hall–Kier alpha value is -1.75. The van der Waals surface area contributed by atoms with E-state index >= 15 is 0 Å². The van der Waals surface area contributed by atoms with E-state index in [-0.39, 0.29) is 11.8 Å². The van der Waals surface area contributed by atoms with E-state index in [0.29, 0.717) is 17.2 Å². The third-order valence-electron chi connectivity index (χ3n) is 3.10. The zero-order chi connectivity index (χ0) is 13.0. The Kier molecular flexibility index (Phi) is 4.04. The van der Waals surface area contributed by atoms with Crippen LogP contribution in [0.1, 0.15) is 6.42 Å². The lowest BCUT2D eigenvalue weighted by atomic mass is 10.1. The Balaban J connectivity index is 2.10. The van der Waals surface area contributed by atoms with Crippen LogP contribution in [0.4, 0.5) is 5.69 Å². The zero-order valence-corrected chi connectivity index (χ0v) is 10.7. The van der Waals surface area contributed by atoms with Gasteiger partial charge in [-0.15, -0.1) is 0 Å². The van der Waals surface area contributed by atoms with E-state index in [1.165, 1.54) is 0 Å². The summed E-state index contributed by atoms with van der Waals surface area (Å²) in [5.74, 6) is 1.38. The van der Waals surface area contributed by atoms with Gasteiger partial charge in [0.15, 0.2) is 0 Å². The van der Waals surface area contributed by atoms with Crippen LogP contribution in [0.2, 0.25) is 0 Å². The summed E-state index contributed by atoms with van der Waals surface area (Å²) in [7, 11) is 3.17. The fourth-order valence-corrected chi connectivity index (χ4v) is 2.02. The molecule has 2 rings (SSSR count). The minimum Gasteiger partial charge on any atom is -0.497 e. The highest BCUT2D eigenvalue weighted by Crippen LogP contribution is 2.29. The van der Waals surface area contributed by atoms with Crippen molar-refractivity contribution in [2.75, 3.05) is 32.6 Å². The maximum Gasteiger partial charge on any atom is 0.228 e. The van der Waals surface area contributed by atoms with Crippen LogP contribution in [0.3, 0.4) is 0 Å². The molecule has 1 amide bonds. The van der Waals surface area contributed by atoms with Gasteiger partial charge in [0.25, 0.3) is 0 Å². The maximum absolute atomic E-state index is 12.0. The molecule has 1 fully saturated rings. The Labute approximate surface area is 106 Å². The summed E-state index contributed by atoms with van der Waals surface area (Å²) >= 11 is 0. The van der Waals surface area contributed by atoms with Crippen LogP contribution in [0.15, 0.2) is 18.2 Å². The molecule has 0 aliphatic carbocycles. The molecule has 5 nitrogen and oxygen atoms in total. The predicted molar refractivity (Wildman–Crippen MR) is 69.2 cm³/mol. The smallest absolute Gasteiger partial charge is 0.228 e. The molecule has 18 heavy (non-hydrogen) atoms. The monoisotopic (exact) mass is 250 g/mol. The summed E-state index contributed by atoms with van der Waals surface area (Å²) in [4.78, 5) is 12.0. The summed E-state index contributed by atoms with van der Waals surface area (Å²) in [6, 6.07) is 5.34. The molecule has 0 spiro atoms. The predicted octanol–water partition coefficient (Wildman–Crippen LogP) is 1.25. The number of anilines is 1. The molecular formula is C13H18N2O3. The SMILES string of the molecule is COc1ccc(NC(=O)C2CCNC2)c(OC)c1. The maximum atomic E-state index is 12.0. The van der Waals surface area contributed by atoms with Crippen molar-refractivity contribution in [1.82, 2.24) is 5.32 Å². The number of amides is 1. The van der Waals surface area contributed by atoms with Gasteiger partial charge >= 0.3 is 0 Å². The number of ether oxygens (including phenoxy) is 2. The lowest BCUT2D eigenvalue weighted by Crippen LogP contribution is -2.24. The third-order valence-corrected chi connectivity index (χ3v) is 3.10. The van der Waals surface area contributed by atoms with E-state index in [9.17, 15) is 4.79 Å². The number of carbonyl (C=O) groups excluding carboxylic acids is 1. The second kappa shape index (κ2) is 5.73. The summed E-state index contributed by atoms with van der Waals surface area (Å²) in [6.45, 7) is 1.64. The van der Waals surface area contributed by atoms with Gasteiger partial charge in [-0.05, 0) is 25.1 Å². The number of benzene rings is 1. The van der Waals surface area contributed by atoms with Gasteiger partial charge in [-0.1, -0.05) is 0 Å². The second-order valence-electron chi connectivity index (χ2n) is 4.25. The first-order chi connectivity index (χ1) is 8.74. The summed E-state index contributed by atoms with van der Waals surface area (Å²) in [6.07, 6.45) is 0.879. The lowest BCUT2D eigenvalue weighted by molar-refractivity contribution is -0.119. The van der Waals surface area contributed by atoms with Crippen molar-refractivity contribution >= 4 is 11.6 Å². The Morgan fingerprint density at radius 1 is 1.39 bits per heavy atom. The molecule has 0 saturated carbocycles. The van der Waals surface area contributed by atoms with Crippen LogP contribution in [-0.2, 0) is 4.79 Å². The first-order valence-corrected chi connectivity index (χ1v) is 5.98. The molecule has 1 heterocycles. The van der Waals surface area contributed by atoms with Gasteiger partial charge in [0.1, 0.15) is 11.5 Å². The number of rotatable bonds is 4. The molecule has 1 atom stereocenters. The molecule has 0 aromatic heterocycles. The van der Waals surface area contributed by atoms with Crippen LogP contribution in [0.5, 0.6) is 11.5 Å². The summed E-state index contributed by atoms with van der Waals surface area (Å²) < 4.78 is 10.4. The van der Waals surface area contributed by atoms with Crippen LogP contribution >= 0.6 is 0 Å². The minimum absolute atomic E-state index is 0.0310. The molecule has 1 aromatic carbocycles. The first-order valence-electron chi connectivity index (χ1n) is 5.98. The van der Waals surface area contributed by atoms with Crippen molar-refractivity contribution in [3.8, 4) is 11.5 Å². The summed E-state index contributed by atoms with van der Waals surface area (Å²) in [5, 5.41) is 6.07. The van der Waals surface area contributed by atoms with Crippen molar-refractivity contribution in [2.24, 2.45) is 5.92 Å². The normalized spacial score (nSPS) is 18.4. The topological polar surface area (TPSA) is 59.6 Å². The number of methoxy groups -OCH3 is 2. The lowest BCUT2D eigenvalue weighted by Gasteiger charge is -2.13. The van der Waals surface area contributed by atoms with Crippen molar-refractivity contribution in [1.29, 1.82) is 0 Å². The van der Waals surface area contributed by atoms with E-state index < -0.39 is 0 Å². The second-order valence-corrected chi connectivity index (χ2v) is 4.25. The molecule has 1 aliphatic heterocycles. The fraction of sp³-hybridized carbons (Fsp3) is 0.462. The fourth-order valence-electron chi connectivity index (χ4n) is 2.02. The molecule has 98 valence electrons. The van der Waals surface area contributed by atoms with Crippen LogP contribution in [0.25, 0.3) is 0 Å². The molecule has 1 saturated heterocycles. The highest BCUT2D eigenvalue weighted by atomic mass is 16.5. The van der Waals surface area contributed by atoms with Gasteiger partial charge in [0.05, 0.1) is 25.8 Å². The van der Waals surface area contributed by atoms with Crippen molar-refractivity contribution in [3.05, 3.63) is 18.2 Å². The van der Waals surface area contributed by atoms with E-state index in [1.54, 1.807) is 32.4 Å².